The number of nitrogens with zero attached hydrogens (tertiary/aromatic N) is 1. The Morgan fingerprint density at radius 2 is 1.73 bits per heavy atom. The molecule has 0 unspecified atom stereocenters. The molecule has 0 aromatic heterocycles. The number of rotatable bonds is 8. The molecule has 0 spiro atoms. The van der Waals surface area contributed by atoms with Crippen LogP contribution in [0.15, 0.2) is 48.5 Å². The van der Waals surface area contributed by atoms with E-state index in [1.54, 1.807) is 25.1 Å². The summed E-state index contributed by atoms with van der Waals surface area (Å²) in [5.41, 5.74) is 1.56. The molecule has 1 N–H and O–H groups in total. The molecule has 0 fully saturated rings. The maximum atomic E-state index is 12.8. The van der Waals surface area contributed by atoms with Gasteiger partial charge in [0.15, 0.2) is 11.5 Å². The number of benzene rings is 2. The van der Waals surface area contributed by atoms with Gasteiger partial charge in [-0.15, -0.1) is 0 Å². The molecule has 0 saturated carbocycles. The van der Waals surface area contributed by atoms with Crippen LogP contribution in [0.2, 0.25) is 0 Å². The van der Waals surface area contributed by atoms with Crippen LogP contribution in [-0.4, -0.2) is 45.9 Å². The minimum Gasteiger partial charge on any atom is -0.486 e. The molecule has 1 aliphatic rings. The van der Waals surface area contributed by atoms with Gasteiger partial charge in [0.1, 0.15) is 19.3 Å². The summed E-state index contributed by atoms with van der Waals surface area (Å²) in [5, 5.41) is 2.93. The summed E-state index contributed by atoms with van der Waals surface area (Å²) in [6.45, 7) is 4.34. The van der Waals surface area contributed by atoms with Crippen LogP contribution in [0, 0.1) is 0 Å². The number of hydrogen-bond acceptors (Lipinski definition) is 5. The third-order valence-corrected chi connectivity index (χ3v) is 6.21. The molecule has 2 aromatic carbocycles. The van der Waals surface area contributed by atoms with Gasteiger partial charge in [-0.05, 0) is 44.4 Å². The van der Waals surface area contributed by atoms with Crippen molar-refractivity contribution >= 4 is 21.6 Å². The van der Waals surface area contributed by atoms with Crippen molar-refractivity contribution in [2.24, 2.45) is 0 Å². The molecule has 162 valence electrons. The van der Waals surface area contributed by atoms with Crippen molar-refractivity contribution in [3.05, 3.63) is 54.1 Å². The average molecular weight is 433 g/mol. The number of anilines is 1. The van der Waals surface area contributed by atoms with Gasteiger partial charge in [-0.25, -0.2) is 8.42 Å². The summed E-state index contributed by atoms with van der Waals surface area (Å²) < 4.78 is 37.2. The molecule has 30 heavy (non-hydrogen) atoms. The number of fused-ring (bicyclic) bond motifs is 1. The van der Waals surface area contributed by atoms with Crippen molar-refractivity contribution < 1.29 is 22.7 Å². The molecule has 1 heterocycles. The number of nitrogens with one attached hydrogen (secondary N) is 1. The van der Waals surface area contributed by atoms with Crippen LogP contribution in [-0.2, 0) is 21.2 Å². The molecular formula is C22H28N2O5S. The number of carbonyl (C=O) groups excluding carboxylic acids is 1. The van der Waals surface area contributed by atoms with Crippen molar-refractivity contribution in [3.8, 4) is 11.5 Å². The third kappa shape index (κ3) is 5.44. The fraction of sp³-hybridized carbons (Fsp3) is 0.409. The molecular weight excluding hydrogens is 404 g/mol. The smallest absolute Gasteiger partial charge is 0.243 e. The quantitative estimate of drug-likeness (QED) is 0.693. The first-order valence-corrected chi connectivity index (χ1v) is 11.8. The number of sulfonamides is 1. The van der Waals surface area contributed by atoms with E-state index in [4.69, 9.17) is 9.47 Å². The molecule has 0 aliphatic carbocycles. The van der Waals surface area contributed by atoms with Crippen LogP contribution in [0.4, 0.5) is 5.69 Å². The molecule has 1 amide bonds. The number of ether oxygens (including phenoxy) is 2. The first-order valence-electron chi connectivity index (χ1n) is 9.99. The second-order valence-corrected chi connectivity index (χ2v) is 9.36. The Hall–Kier alpha value is -2.74. The van der Waals surface area contributed by atoms with Crippen LogP contribution in [0.25, 0.3) is 0 Å². The van der Waals surface area contributed by atoms with Crippen LogP contribution < -0.4 is 19.1 Å². The summed E-state index contributed by atoms with van der Waals surface area (Å²) in [4.78, 5) is 12.8. The van der Waals surface area contributed by atoms with Gasteiger partial charge in [0.2, 0.25) is 15.9 Å². The lowest BCUT2D eigenvalue weighted by molar-refractivity contribution is -0.122. The molecule has 2 aromatic rings. The SMILES string of the molecule is C[C@H](CCc1ccccc1)NC(=O)[C@@H](C)N(c1ccc2c(c1)OCCO2)S(C)(=O)=O. The highest BCUT2D eigenvalue weighted by molar-refractivity contribution is 7.92. The molecule has 8 heteroatoms. The van der Waals surface area contributed by atoms with E-state index < -0.39 is 16.1 Å². The first-order chi connectivity index (χ1) is 14.3. The molecule has 1 aliphatic heterocycles. The van der Waals surface area contributed by atoms with Crippen molar-refractivity contribution in [1.82, 2.24) is 5.32 Å². The number of aryl methyl sites for hydroxylation is 1. The predicted molar refractivity (Wildman–Crippen MR) is 117 cm³/mol. The van der Waals surface area contributed by atoms with Gasteiger partial charge in [0.25, 0.3) is 0 Å². The summed E-state index contributed by atoms with van der Waals surface area (Å²) >= 11 is 0. The molecule has 3 rings (SSSR count). The van der Waals surface area contributed by atoms with Crippen LogP contribution in [0.5, 0.6) is 11.5 Å². The lowest BCUT2D eigenvalue weighted by Gasteiger charge is -2.30. The maximum Gasteiger partial charge on any atom is 0.243 e. The molecule has 0 bridgehead atoms. The van der Waals surface area contributed by atoms with Crippen molar-refractivity contribution in [3.63, 3.8) is 0 Å². The minimum absolute atomic E-state index is 0.0955. The predicted octanol–water partition coefficient (Wildman–Crippen LogP) is 2.75. The number of carbonyl (C=O) groups is 1. The van der Waals surface area contributed by atoms with Crippen LogP contribution >= 0.6 is 0 Å². The van der Waals surface area contributed by atoms with E-state index in [9.17, 15) is 13.2 Å². The lowest BCUT2D eigenvalue weighted by atomic mass is 10.1. The largest absolute Gasteiger partial charge is 0.486 e. The highest BCUT2D eigenvalue weighted by Crippen LogP contribution is 2.35. The number of amides is 1. The second kappa shape index (κ2) is 9.38. The summed E-state index contributed by atoms with van der Waals surface area (Å²) in [5.74, 6) is 0.678. The van der Waals surface area contributed by atoms with Gasteiger partial charge in [0, 0.05) is 12.1 Å². The van der Waals surface area contributed by atoms with E-state index in [-0.39, 0.29) is 11.9 Å². The zero-order chi connectivity index (χ0) is 21.7. The normalized spacial score (nSPS) is 15.2. The summed E-state index contributed by atoms with van der Waals surface area (Å²) in [6, 6.07) is 13.9. The number of hydrogen-bond donors (Lipinski definition) is 1. The van der Waals surface area contributed by atoms with E-state index in [0.29, 0.717) is 30.4 Å². The Morgan fingerprint density at radius 3 is 2.40 bits per heavy atom. The van der Waals surface area contributed by atoms with E-state index >= 15 is 0 Å². The van der Waals surface area contributed by atoms with E-state index in [1.165, 1.54) is 5.56 Å². The van der Waals surface area contributed by atoms with Crippen molar-refractivity contribution in [2.75, 3.05) is 23.8 Å². The van der Waals surface area contributed by atoms with Gasteiger partial charge in [-0.1, -0.05) is 30.3 Å². The van der Waals surface area contributed by atoms with E-state index in [1.807, 2.05) is 37.3 Å². The Bertz CT molecular complexity index is 978. The first kappa shape index (κ1) is 22.0. The third-order valence-electron chi connectivity index (χ3n) is 4.97. The highest BCUT2D eigenvalue weighted by Gasteiger charge is 2.30. The van der Waals surface area contributed by atoms with E-state index in [0.717, 1.165) is 23.4 Å². The Kier molecular flexibility index (Phi) is 6.87. The second-order valence-electron chi connectivity index (χ2n) is 7.50. The molecule has 0 radical (unpaired) electrons. The van der Waals surface area contributed by atoms with Crippen LogP contribution in [0.1, 0.15) is 25.8 Å². The van der Waals surface area contributed by atoms with Crippen molar-refractivity contribution in [1.29, 1.82) is 0 Å². The fourth-order valence-electron chi connectivity index (χ4n) is 3.44. The molecule has 7 nitrogen and oxygen atoms in total. The van der Waals surface area contributed by atoms with Crippen LogP contribution in [0.3, 0.4) is 0 Å². The maximum absolute atomic E-state index is 12.8. The van der Waals surface area contributed by atoms with Gasteiger partial charge in [-0.2, -0.15) is 0 Å². The zero-order valence-corrected chi connectivity index (χ0v) is 18.3. The molecule has 0 saturated heterocycles. The van der Waals surface area contributed by atoms with E-state index in [2.05, 4.69) is 5.32 Å². The fourth-order valence-corrected chi connectivity index (χ4v) is 4.61. The van der Waals surface area contributed by atoms with Crippen molar-refractivity contribution in [2.45, 2.75) is 38.8 Å². The summed E-state index contributed by atoms with van der Waals surface area (Å²) in [6.07, 6.45) is 2.67. The lowest BCUT2D eigenvalue weighted by Crippen LogP contribution is -2.50. The monoisotopic (exact) mass is 432 g/mol. The van der Waals surface area contributed by atoms with Gasteiger partial charge in [0.05, 0.1) is 11.9 Å². The molecule has 2 atom stereocenters. The van der Waals surface area contributed by atoms with Gasteiger partial charge < -0.3 is 14.8 Å². The Morgan fingerprint density at radius 1 is 1.07 bits per heavy atom. The minimum atomic E-state index is -3.70. The zero-order valence-electron chi connectivity index (χ0n) is 17.5. The Labute approximate surface area is 178 Å². The van der Waals surface area contributed by atoms with Gasteiger partial charge >= 0.3 is 0 Å². The van der Waals surface area contributed by atoms with Gasteiger partial charge in [-0.3, -0.25) is 9.10 Å². The summed E-state index contributed by atoms with van der Waals surface area (Å²) in [7, 11) is -3.70. The standard InChI is InChI=1S/C22H28N2O5S/c1-16(9-10-18-7-5-4-6-8-18)23-22(25)17(2)24(30(3,26)27)19-11-12-20-21(15-19)29-14-13-28-20/h4-8,11-12,15-17H,9-10,13-14H2,1-3H3,(H,23,25)/t16-,17-/m1/s1. The highest BCUT2D eigenvalue weighted by atomic mass is 32.2. The average Bonchev–Trinajstić information content (AvgIpc) is 2.72. The Balaban J connectivity index is 1.70. The topological polar surface area (TPSA) is 84.9 Å².